The molecule has 0 spiro atoms. The van der Waals surface area contributed by atoms with E-state index in [2.05, 4.69) is 59.7 Å². The number of halogens is 1. The lowest BCUT2D eigenvalue weighted by Gasteiger charge is -2.33. The molecule has 1 N–H and O–H groups in total. The Bertz CT molecular complexity index is 382. The van der Waals surface area contributed by atoms with Crippen LogP contribution >= 0.6 is 15.9 Å². The molecule has 0 aliphatic rings. The zero-order chi connectivity index (χ0) is 13.7. The maximum atomic E-state index is 9.47. The Labute approximate surface area is 119 Å². The molecule has 1 atom stereocenters. The second-order valence-corrected chi connectivity index (χ2v) is 5.74. The average Bonchev–Trinajstić information content (AvgIpc) is 2.29. The van der Waals surface area contributed by atoms with Gasteiger partial charge in [-0.3, -0.25) is 0 Å². The standard InChI is InChI=1S/C14H23BrN2O/c1-5-17(11(2)9-16(3)4)14-8-13(15)7-6-12(14)10-18/h6-8,11,18H,5,9-10H2,1-4H3. The van der Waals surface area contributed by atoms with Crippen LogP contribution in [-0.2, 0) is 6.61 Å². The van der Waals surface area contributed by atoms with Crippen molar-refractivity contribution < 1.29 is 5.11 Å². The molecular formula is C14H23BrN2O. The van der Waals surface area contributed by atoms with Crippen molar-refractivity contribution in [1.82, 2.24) is 4.90 Å². The summed E-state index contributed by atoms with van der Waals surface area (Å²) in [5, 5.41) is 9.47. The van der Waals surface area contributed by atoms with Crippen molar-refractivity contribution in [3.05, 3.63) is 28.2 Å². The van der Waals surface area contributed by atoms with Crippen LogP contribution in [0.3, 0.4) is 0 Å². The minimum absolute atomic E-state index is 0.0772. The van der Waals surface area contributed by atoms with Gasteiger partial charge in [0.2, 0.25) is 0 Å². The van der Waals surface area contributed by atoms with Crippen LogP contribution in [0.15, 0.2) is 22.7 Å². The molecule has 0 saturated carbocycles. The van der Waals surface area contributed by atoms with E-state index < -0.39 is 0 Å². The lowest BCUT2D eigenvalue weighted by molar-refractivity contribution is 0.281. The lowest BCUT2D eigenvalue weighted by Crippen LogP contribution is -2.40. The van der Waals surface area contributed by atoms with Gasteiger partial charge in [0.05, 0.1) is 6.61 Å². The van der Waals surface area contributed by atoms with Crippen LogP contribution < -0.4 is 4.90 Å². The van der Waals surface area contributed by atoms with Crippen molar-refractivity contribution in [2.24, 2.45) is 0 Å². The summed E-state index contributed by atoms with van der Waals surface area (Å²) in [6, 6.07) is 6.44. The van der Waals surface area contributed by atoms with E-state index in [0.717, 1.165) is 28.8 Å². The average molecular weight is 315 g/mol. The highest BCUT2D eigenvalue weighted by molar-refractivity contribution is 9.10. The van der Waals surface area contributed by atoms with Crippen molar-refractivity contribution in [2.45, 2.75) is 26.5 Å². The Hall–Kier alpha value is -0.580. The zero-order valence-corrected chi connectivity index (χ0v) is 13.2. The van der Waals surface area contributed by atoms with Crippen LogP contribution in [-0.4, -0.2) is 43.2 Å². The molecule has 18 heavy (non-hydrogen) atoms. The van der Waals surface area contributed by atoms with E-state index in [1.165, 1.54) is 0 Å². The van der Waals surface area contributed by atoms with Crippen LogP contribution in [0.5, 0.6) is 0 Å². The third-order valence-electron chi connectivity index (χ3n) is 3.03. The summed E-state index contributed by atoms with van der Waals surface area (Å²) in [6.07, 6.45) is 0. The minimum atomic E-state index is 0.0772. The molecule has 0 fully saturated rings. The molecule has 3 nitrogen and oxygen atoms in total. The van der Waals surface area contributed by atoms with E-state index in [0.29, 0.717) is 6.04 Å². The summed E-state index contributed by atoms with van der Waals surface area (Å²) < 4.78 is 1.05. The topological polar surface area (TPSA) is 26.7 Å². The van der Waals surface area contributed by atoms with Gasteiger partial charge in [-0.15, -0.1) is 0 Å². The first-order chi connectivity index (χ1) is 8.49. The van der Waals surface area contributed by atoms with Crippen molar-refractivity contribution in [3.8, 4) is 0 Å². The second kappa shape index (κ2) is 7.12. The van der Waals surface area contributed by atoms with Gasteiger partial charge < -0.3 is 14.9 Å². The highest BCUT2D eigenvalue weighted by Gasteiger charge is 2.16. The summed E-state index contributed by atoms with van der Waals surface area (Å²) in [6.45, 7) is 6.36. The van der Waals surface area contributed by atoms with Gasteiger partial charge in [-0.2, -0.15) is 0 Å². The maximum Gasteiger partial charge on any atom is 0.0702 e. The SMILES string of the molecule is CCN(c1cc(Br)ccc1CO)C(C)CN(C)C. The fourth-order valence-corrected chi connectivity index (χ4v) is 2.63. The van der Waals surface area contributed by atoms with E-state index >= 15 is 0 Å². The molecule has 0 bridgehead atoms. The largest absolute Gasteiger partial charge is 0.392 e. The smallest absolute Gasteiger partial charge is 0.0702 e. The van der Waals surface area contributed by atoms with Gasteiger partial charge in [-0.05, 0) is 40.1 Å². The van der Waals surface area contributed by atoms with Gasteiger partial charge in [0.25, 0.3) is 0 Å². The van der Waals surface area contributed by atoms with Gasteiger partial charge in [-0.25, -0.2) is 0 Å². The molecular weight excluding hydrogens is 292 g/mol. The fraction of sp³-hybridized carbons (Fsp3) is 0.571. The first-order valence-electron chi connectivity index (χ1n) is 6.30. The number of aliphatic hydroxyl groups is 1. The van der Waals surface area contributed by atoms with E-state index in [1.54, 1.807) is 0 Å². The monoisotopic (exact) mass is 314 g/mol. The molecule has 1 unspecified atom stereocenters. The van der Waals surface area contributed by atoms with E-state index in [-0.39, 0.29) is 6.61 Å². The summed E-state index contributed by atoms with van der Waals surface area (Å²) in [7, 11) is 4.16. The highest BCUT2D eigenvalue weighted by atomic mass is 79.9. The predicted octanol–water partition coefficient (Wildman–Crippen LogP) is 2.72. The summed E-state index contributed by atoms with van der Waals surface area (Å²) in [5.74, 6) is 0. The van der Waals surface area contributed by atoms with Crippen molar-refractivity contribution in [2.75, 3.05) is 32.1 Å². The van der Waals surface area contributed by atoms with Crippen LogP contribution in [0.4, 0.5) is 5.69 Å². The van der Waals surface area contributed by atoms with Crippen molar-refractivity contribution in [1.29, 1.82) is 0 Å². The number of hydrogen-bond donors (Lipinski definition) is 1. The molecule has 0 aromatic heterocycles. The Morgan fingerprint density at radius 2 is 2.00 bits per heavy atom. The quantitative estimate of drug-likeness (QED) is 0.874. The maximum absolute atomic E-state index is 9.47. The van der Waals surface area contributed by atoms with Gasteiger partial charge in [0.1, 0.15) is 0 Å². The Balaban J connectivity index is 3.03. The van der Waals surface area contributed by atoms with Crippen molar-refractivity contribution >= 4 is 21.6 Å². The number of anilines is 1. The molecule has 1 aromatic carbocycles. The third-order valence-corrected chi connectivity index (χ3v) is 3.52. The first kappa shape index (κ1) is 15.5. The number of aliphatic hydroxyl groups excluding tert-OH is 1. The van der Waals surface area contributed by atoms with Crippen molar-refractivity contribution in [3.63, 3.8) is 0 Å². The minimum Gasteiger partial charge on any atom is -0.392 e. The number of rotatable bonds is 6. The summed E-state index contributed by atoms with van der Waals surface area (Å²) >= 11 is 3.50. The number of nitrogens with zero attached hydrogens (tertiary/aromatic N) is 2. The molecule has 4 heteroatoms. The zero-order valence-electron chi connectivity index (χ0n) is 11.7. The van der Waals surface area contributed by atoms with Crippen LogP contribution in [0.25, 0.3) is 0 Å². The molecule has 102 valence electrons. The van der Waals surface area contributed by atoms with Gasteiger partial charge in [-0.1, -0.05) is 22.0 Å². The Morgan fingerprint density at radius 1 is 1.33 bits per heavy atom. The molecule has 0 aliphatic heterocycles. The predicted molar refractivity (Wildman–Crippen MR) is 81.1 cm³/mol. The Kier molecular flexibility index (Phi) is 6.12. The third kappa shape index (κ3) is 3.97. The van der Waals surface area contributed by atoms with E-state index in [1.807, 2.05) is 12.1 Å². The molecule has 1 aromatic rings. The van der Waals surface area contributed by atoms with Crippen LogP contribution in [0.1, 0.15) is 19.4 Å². The normalized spacial score (nSPS) is 12.8. The summed E-state index contributed by atoms with van der Waals surface area (Å²) in [5.41, 5.74) is 2.09. The lowest BCUT2D eigenvalue weighted by atomic mass is 10.1. The molecule has 0 aliphatic carbocycles. The Morgan fingerprint density at radius 3 is 2.50 bits per heavy atom. The molecule has 0 radical (unpaired) electrons. The van der Waals surface area contributed by atoms with Gasteiger partial charge in [0, 0.05) is 34.9 Å². The molecule has 0 saturated heterocycles. The fourth-order valence-electron chi connectivity index (χ4n) is 2.28. The van der Waals surface area contributed by atoms with Gasteiger partial charge in [0.15, 0.2) is 0 Å². The van der Waals surface area contributed by atoms with E-state index in [9.17, 15) is 5.11 Å². The number of benzene rings is 1. The van der Waals surface area contributed by atoms with E-state index in [4.69, 9.17) is 0 Å². The second-order valence-electron chi connectivity index (χ2n) is 4.83. The molecule has 1 rings (SSSR count). The first-order valence-corrected chi connectivity index (χ1v) is 7.09. The summed E-state index contributed by atoms with van der Waals surface area (Å²) in [4.78, 5) is 4.51. The highest BCUT2D eigenvalue weighted by Crippen LogP contribution is 2.27. The van der Waals surface area contributed by atoms with Crippen LogP contribution in [0, 0.1) is 0 Å². The molecule has 0 amide bonds. The number of likely N-dealkylation sites (N-methyl/N-ethyl adjacent to an activating group) is 2. The number of hydrogen-bond acceptors (Lipinski definition) is 3. The van der Waals surface area contributed by atoms with Gasteiger partial charge >= 0.3 is 0 Å². The van der Waals surface area contributed by atoms with Crippen LogP contribution in [0.2, 0.25) is 0 Å². The molecule has 0 heterocycles.